The number of aliphatic hydroxyl groups excluding tert-OH is 1. The highest BCUT2D eigenvalue weighted by atomic mass is 16.3. The number of hydrogen-bond donors (Lipinski definition) is 2. The molecule has 2 N–H and O–H groups in total. The predicted molar refractivity (Wildman–Crippen MR) is 65.1 cm³/mol. The van der Waals surface area contributed by atoms with Crippen molar-refractivity contribution < 1.29 is 5.11 Å². The molecule has 5 unspecified atom stereocenters. The second kappa shape index (κ2) is 4.30. The van der Waals surface area contributed by atoms with Crippen LogP contribution in [0.2, 0.25) is 0 Å². The summed E-state index contributed by atoms with van der Waals surface area (Å²) in [6, 6.07) is 1.26. The third kappa shape index (κ3) is 1.70. The van der Waals surface area contributed by atoms with Crippen LogP contribution in [0.5, 0.6) is 0 Å². The molecule has 0 aliphatic heterocycles. The summed E-state index contributed by atoms with van der Waals surface area (Å²) < 4.78 is 0. The third-order valence-electron chi connectivity index (χ3n) is 5.49. The Morgan fingerprint density at radius 3 is 2.81 bits per heavy atom. The third-order valence-corrected chi connectivity index (χ3v) is 5.49. The molecule has 2 bridgehead atoms. The highest BCUT2D eigenvalue weighted by molar-refractivity contribution is 5.05. The van der Waals surface area contributed by atoms with Crippen LogP contribution >= 0.6 is 0 Å². The van der Waals surface area contributed by atoms with Crippen molar-refractivity contribution >= 4 is 0 Å². The van der Waals surface area contributed by atoms with E-state index in [1.54, 1.807) is 0 Å². The lowest BCUT2D eigenvalue weighted by Gasteiger charge is -2.34. The van der Waals surface area contributed by atoms with E-state index in [0.717, 1.165) is 36.1 Å². The fraction of sp³-hybridized carbons (Fsp3) is 1.00. The summed E-state index contributed by atoms with van der Waals surface area (Å²) in [5.41, 5.74) is 0. The summed E-state index contributed by atoms with van der Waals surface area (Å²) in [4.78, 5) is 0. The summed E-state index contributed by atoms with van der Waals surface area (Å²) in [5, 5.41) is 12.7. The van der Waals surface area contributed by atoms with Gasteiger partial charge in [-0.05, 0) is 62.7 Å². The molecule has 0 saturated heterocycles. The lowest BCUT2D eigenvalue weighted by Crippen LogP contribution is -2.43. The summed E-state index contributed by atoms with van der Waals surface area (Å²) >= 11 is 0. The Morgan fingerprint density at radius 1 is 1.19 bits per heavy atom. The van der Waals surface area contributed by atoms with Crippen LogP contribution in [-0.2, 0) is 0 Å². The molecule has 3 fully saturated rings. The second-order valence-electron chi connectivity index (χ2n) is 6.34. The van der Waals surface area contributed by atoms with Crippen molar-refractivity contribution in [3.63, 3.8) is 0 Å². The van der Waals surface area contributed by atoms with E-state index in [0.29, 0.717) is 12.6 Å². The minimum Gasteiger partial charge on any atom is -0.396 e. The number of rotatable bonds is 4. The van der Waals surface area contributed by atoms with Crippen LogP contribution in [0.1, 0.15) is 45.4 Å². The Labute approximate surface area is 98.8 Å². The largest absolute Gasteiger partial charge is 0.396 e. The Balaban J connectivity index is 1.59. The average Bonchev–Trinajstić information content (AvgIpc) is 2.86. The van der Waals surface area contributed by atoms with Crippen LogP contribution in [-0.4, -0.2) is 23.8 Å². The minimum absolute atomic E-state index is 0.320. The van der Waals surface area contributed by atoms with E-state index < -0.39 is 0 Å². The van der Waals surface area contributed by atoms with Crippen molar-refractivity contribution in [1.29, 1.82) is 0 Å². The molecule has 3 aliphatic carbocycles. The van der Waals surface area contributed by atoms with E-state index in [4.69, 9.17) is 5.11 Å². The lowest BCUT2D eigenvalue weighted by molar-refractivity contribution is 0.189. The van der Waals surface area contributed by atoms with Gasteiger partial charge in [0.25, 0.3) is 0 Å². The van der Waals surface area contributed by atoms with Gasteiger partial charge in [0.15, 0.2) is 0 Å². The highest BCUT2D eigenvalue weighted by Crippen LogP contribution is 2.58. The second-order valence-corrected chi connectivity index (χ2v) is 6.34. The maximum Gasteiger partial charge on any atom is 0.0445 e. The van der Waals surface area contributed by atoms with Crippen LogP contribution < -0.4 is 5.32 Å². The summed E-state index contributed by atoms with van der Waals surface area (Å²) in [6.45, 7) is 2.54. The zero-order valence-electron chi connectivity index (χ0n) is 10.4. The molecule has 3 rings (SSSR count). The molecule has 0 aromatic carbocycles. The van der Waals surface area contributed by atoms with Crippen molar-refractivity contribution in [2.24, 2.45) is 23.7 Å². The maximum atomic E-state index is 8.95. The van der Waals surface area contributed by atoms with Gasteiger partial charge in [0.1, 0.15) is 0 Å². The standard InChI is InChI=1S/C14H25NO/c1-9(5-6-16)15-14-8-10-7-13(14)12-4-2-3-11(10)12/h9-16H,2-8H2,1H3/t9-,10?,11?,12?,13?,14?/m1/s1. The van der Waals surface area contributed by atoms with Crippen molar-refractivity contribution in [1.82, 2.24) is 5.32 Å². The number of aliphatic hydroxyl groups is 1. The first kappa shape index (κ1) is 11.0. The number of hydrogen-bond acceptors (Lipinski definition) is 2. The fourth-order valence-electron chi connectivity index (χ4n) is 4.90. The van der Waals surface area contributed by atoms with Gasteiger partial charge in [0.2, 0.25) is 0 Å². The summed E-state index contributed by atoms with van der Waals surface area (Å²) in [6.07, 6.45) is 8.33. The van der Waals surface area contributed by atoms with Gasteiger partial charge in [-0.15, -0.1) is 0 Å². The van der Waals surface area contributed by atoms with E-state index in [1.807, 2.05) is 0 Å². The molecule has 0 radical (unpaired) electrons. The first-order valence-corrected chi connectivity index (χ1v) is 7.16. The van der Waals surface area contributed by atoms with Gasteiger partial charge in [-0.1, -0.05) is 6.42 Å². The van der Waals surface area contributed by atoms with Crippen molar-refractivity contribution in [3.05, 3.63) is 0 Å². The molecule has 0 spiro atoms. The van der Waals surface area contributed by atoms with E-state index >= 15 is 0 Å². The Bertz CT molecular complexity index is 255. The molecule has 16 heavy (non-hydrogen) atoms. The minimum atomic E-state index is 0.320. The summed E-state index contributed by atoms with van der Waals surface area (Å²) in [5.74, 6) is 4.16. The number of nitrogens with one attached hydrogen (secondary N) is 1. The van der Waals surface area contributed by atoms with Gasteiger partial charge in [-0.3, -0.25) is 0 Å². The lowest BCUT2D eigenvalue weighted by atomic mass is 9.79. The molecule has 3 aliphatic rings. The SMILES string of the molecule is C[C@H](CCO)NC1CC2CC1C1CCCC21. The Kier molecular flexibility index (Phi) is 2.97. The van der Waals surface area contributed by atoms with Crippen molar-refractivity contribution in [2.45, 2.75) is 57.5 Å². The monoisotopic (exact) mass is 223 g/mol. The Morgan fingerprint density at radius 2 is 2.00 bits per heavy atom. The molecule has 0 heterocycles. The molecular formula is C14H25NO. The molecule has 2 heteroatoms. The van der Waals surface area contributed by atoms with E-state index in [-0.39, 0.29) is 0 Å². The van der Waals surface area contributed by atoms with E-state index in [2.05, 4.69) is 12.2 Å². The van der Waals surface area contributed by atoms with Gasteiger partial charge in [-0.25, -0.2) is 0 Å². The molecular weight excluding hydrogens is 198 g/mol. The van der Waals surface area contributed by atoms with E-state index in [9.17, 15) is 0 Å². The molecule has 6 atom stereocenters. The molecule has 3 saturated carbocycles. The van der Waals surface area contributed by atoms with Crippen molar-refractivity contribution in [3.8, 4) is 0 Å². The van der Waals surface area contributed by atoms with Gasteiger partial charge in [0, 0.05) is 18.7 Å². The zero-order chi connectivity index (χ0) is 11.1. The number of fused-ring (bicyclic) bond motifs is 5. The van der Waals surface area contributed by atoms with Crippen LogP contribution in [0.25, 0.3) is 0 Å². The average molecular weight is 223 g/mol. The summed E-state index contributed by atoms with van der Waals surface area (Å²) in [7, 11) is 0. The van der Waals surface area contributed by atoms with E-state index in [1.165, 1.54) is 32.1 Å². The van der Waals surface area contributed by atoms with Crippen LogP contribution in [0.4, 0.5) is 0 Å². The quantitative estimate of drug-likeness (QED) is 0.765. The topological polar surface area (TPSA) is 32.3 Å². The van der Waals surface area contributed by atoms with Gasteiger partial charge < -0.3 is 10.4 Å². The first-order valence-electron chi connectivity index (χ1n) is 7.16. The Hall–Kier alpha value is -0.0800. The van der Waals surface area contributed by atoms with Gasteiger partial charge in [-0.2, -0.15) is 0 Å². The van der Waals surface area contributed by atoms with Crippen molar-refractivity contribution in [2.75, 3.05) is 6.61 Å². The zero-order valence-corrected chi connectivity index (χ0v) is 10.4. The van der Waals surface area contributed by atoms with Crippen LogP contribution in [0.3, 0.4) is 0 Å². The molecule has 92 valence electrons. The highest BCUT2D eigenvalue weighted by Gasteiger charge is 2.53. The van der Waals surface area contributed by atoms with Crippen LogP contribution in [0.15, 0.2) is 0 Å². The molecule has 0 amide bonds. The van der Waals surface area contributed by atoms with Crippen LogP contribution in [0, 0.1) is 23.7 Å². The fourth-order valence-corrected chi connectivity index (χ4v) is 4.90. The van der Waals surface area contributed by atoms with Gasteiger partial charge in [0.05, 0.1) is 0 Å². The molecule has 0 aromatic heterocycles. The molecule has 0 aromatic rings. The maximum absolute atomic E-state index is 8.95. The molecule has 2 nitrogen and oxygen atoms in total. The predicted octanol–water partition coefficient (Wildman–Crippen LogP) is 2.17. The normalized spacial score (nSPS) is 47.2. The van der Waals surface area contributed by atoms with Gasteiger partial charge >= 0.3 is 0 Å². The smallest absolute Gasteiger partial charge is 0.0445 e. The first-order chi connectivity index (χ1) is 7.79.